The molecule has 0 saturated carbocycles. The number of phenols is 2. The first kappa shape index (κ1) is 22.9. The summed E-state index contributed by atoms with van der Waals surface area (Å²) < 4.78 is 10.8. The first-order valence-electron chi connectivity index (χ1n) is 9.56. The zero-order valence-corrected chi connectivity index (χ0v) is 17.3. The molecule has 0 aliphatic carbocycles. The average Bonchev–Trinajstić information content (AvgIpc) is 2.68. The summed E-state index contributed by atoms with van der Waals surface area (Å²) in [7, 11) is 0. The fourth-order valence-corrected chi connectivity index (χ4v) is 2.76. The van der Waals surface area contributed by atoms with Crippen molar-refractivity contribution in [3.63, 3.8) is 0 Å². The third-order valence-corrected chi connectivity index (χ3v) is 4.59. The second-order valence-corrected chi connectivity index (χ2v) is 7.65. The van der Waals surface area contributed by atoms with Crippen molar-refractivity contribution in [3.05, 3.63) is 53.6 Å². The second-order valence-electron chi connectivity index (χ2n) is 7.65. The minimum atomic E-state index is -0.816. The van der Waals surface area contributed by atoms with E-state index in [9.17, 15) is 24.6 Å². The van der Waals surface area contributed by atoms with Crippen LogP contribution in [0.5, 0.6) is 17.2 Å². The van der Waals surface area contributed by atoms with Gasteiger partial charge in [-0.3, -0.25) is 14.4 Å². The summed E-state index contributed by atoms with van der Waals surface area (Å²) in [4.78, 5) is 35.7. The summed E-state index contributed by atoms with van der Waals surface area (Å²) in [5, 5.41) is 18.9. The highest BCUT2D eigenvalue weighted by molar-refractivity contribution is 5.98. The SMILES string of the molecule is CC(=O)c1ccc(OCCCC(C)(C)C(=O)OCC(=O)c2cc(O)cc(O)c2)cc1. The van der Waals surface area contributed by atoms with Crippen LogP contribution < -0.4 is 4.74 Å². The normalized spacial score (nSPS) is 11.0. The van der Waals surface area contributed by atoms with E-state index in [0.29, 0.717) is 30.8 Å². The monoisotopic (exact) mass is 414 g/mol. The topological polar surface area (TPSA) is 110 Å². The molecule has 2 rings (SSSR count). The maximum atomic E-state index is 12.4. The molecule has 0 aliphatic heterocycles. The van der Waals surface area contributed by atoms with Gasteiger partial charge in [-0.1, -0.05) is 0 Å². The van der Waals surface area contributed by atoms with Crippen LogP contribution in [0.4, 0.5) is 0 Å². The molecule has 0 radical (unpaired) electrons. The van der Waals surface area contributed by atoms with Crippen LogP contribution in [0.3, 0.4) is 0 Å². The number of ketones is 2. The van der Waals surface area contributed by atoms with Gasteiger partial charge in [-0.05, 0) is 70.0 Å². The van der Waals surface area contributed by atoms with Crippen LogP contribution in [-0.2, 0) is 9.53 Å². The Kier molecular flexibility index (Phi) is 7.58. The van der Waals surface area contributed by atoms with Crippen molar-refractivity contribution in [1.82, 2.24) is 0 Å². The number of carbonyl (C=O) groups is 3. The van der Waals surface area contributed by atoms with Crippen LogP contribution in [-0.4, -0.2) is 41.0 Å². The van der Waals surface area contributed by atoms with Crippen LogP contribution in [0, 0.1) is 5.41 Å². The highest BCUT2D eigenvalue weighted by atomic mass is 16.5. The Morgan fingerprint density at radius 2 is 1.53 bits per heavy atom. The molecule has 0 amide bonds. The van der Waals surface area contributed by atoms with E-state index in [1.807, 2.05) is 0 Å². The molecular formula is C23H26O7. The lowest BCUT2D eigenvalue weighted by Gasteiger charge is -2.22. The quantitative estimate of drug-likeness (QED) is 0.344. The molecule has 160 valence electrons. The molecule has 7 heteroatoms. The lowest BCUT2D eigenvalue weighted by molar-refractivity contribution is -0.153. The van der Waals surface area contributed by atoms with Crippen molar-refractivity contribution >= 4 is 17.5 Å². The molecule has 7 nitrogen and oxygen atoms in total. The fourth-order valence-electron chi connectivity index (χ4n) is 2.76. The summed E-state index contributed by atoms with van der Waals surface area (Å²) in [5.74, 6) is -0.919. The van der Waals surface area contributed by atoms with Crippen LogP contribution >= 0.6 is 0 Å². The van der Waals surface area contributed by atoms with E-state index in [4.69, 9.17) is 9.47 Å². The van der Waals surface area contributed by atoms with Gasteiger partial charge in [0, 0.05) is 17.2 Å². The summed E-state index contributed by atoms with van der Waals surface area (Å²) in [6.07, 6.45) is 1.07. The minimum absolute atomic E-state index is 0.0128. The van der Waals surface area contributed by atoms with E-state index < -0.39 is 23.8 Å². The molecular weight excluding hydrogens is 388 g/mol. The van der Waals surface area contributed by atoms with E-state index >= 15 is 0 Å². The van der Waals surface area contributed by atoms with E-state index in [1.54, 1.807) is 38.1 Å². The Morgan fingerprint density at radius 1 is 0.933 bits per heavy atom. The Morgan fingerprint density at radius 3 is 2.10 bits per heavy atom. The van der Waals surface area contributed by atoms with Crippen molar-refractivity contribution in [2.75, 3.05) is 13.2 Å². The van der Waals surface area contributed by atoms with Gasteiger partial charge >= 0.3 is 5.97 Å². The highest BCUT2D eigenvalue weighted by Gasteiger charge is 2.29. The molecule has 30 heavy (non-hydrogen) atoms. The van der Waals surface area contributed by atoms with Crippen molar-refractivity contribution < 1.29 is 34.1 Å². The number of carbonyl (C=O) groups excluding carboxylic acids is 3. The summed E-state index contributed by atoms with van der Waals surface area (Å²) >= 11 is 0. The smallest absolute Gasteiger partial charge is 0.311 e. The predicted octanol–water partition coefficient (Wildman–Crippen LogP) is 3.91. The number of ether oxygens (including phenoxy) is 2. The summed E-state index contributed by atoms with van der Waals surface area (Å²) in [6, 6.07) is 10.3. The Hall–Kier alpha value is -3.35. The summed E-state index contributed by atoms with van der Waals surface area (Å²) in [5.41, 5.74) is -0.146. The van der Waals surface area contributed by atoms with Gasteiger partial charge in [-0.15, -0.1) is 0 Å². The fraction of sp³-hybridized carbons (Fsp3) is 0.348. The van der Waals surface area contributed by atoms with Crippen LogP contribution in [0.2, 0.25) is 0 Å². The van der Waals surface area contributed by atoms with Gasteiger partial charge in [-0.25, -0.2) is 0 Å². The zero-order valence-electron chi connectivity index (χ0n) is 17.3. The molecule has 0 aliphatic rings. The first-order chi connectivity index (χ1) is 14.1. The average molecular weight is 414 g/mol. The lowest BCUT2D eigenvalue weighted by Crippen LogP contribution is -2.29. The molecule has 0 bridgehead atoms. The maximum absolute atomic E-state index is 12.4. The van der Waals surface area contributed by atoms with Gasteiger partial charge in [0.15, 0.2) is 12.4 Å². The van der Waals surface area contributed by atoms with Crippen LogP contribution in [0.1, 0.15) is 54.3 Å². The predicted molar refractivity (Wildman–Crippen MR) is 110 cm³/mol. The molecule has 0 heterocycles. The van der Waals surface area contributed by atoms with Crippen molar-refractivity contribution in [1.29, 1.82) is 0 Å². The van der Waals surface area contributed by atoms with Crippen LogP contribution in [0.15, 0.2) is 42.5 Å². The van der Waals surface area contributed by atoms with Gasteiger partial charge in [0.25, 0.3) is 0 Å². The third-order valence-electron chi connectivity index (χ3n) is 4.59. The number of aromatic hydroxyl groups is 2. The number of Topliss-reactive ketones (excluding diaryl/α,β-unsaturated/α-hetero) is 2. The highest BCUT2D eigenvalue weighted by Crippen LogP contribution is 2.25. The van der Waals surface area contributed by atoms with Crippen molar-refractivity contribution in [2.45, 2.75) is 33.6 Å². The molecule has 0 spiro atoms. The van der Waals surface area contributed by atoms with Crippen molar-refractivity contribution in [2.24, 2.45) is 5.41 Å². The van der Waals surface area contributed by atoms with E-state index in [-0.39, 0.29) is 22.8 Å². The number of benzene rings is 2. The second kappa shape index (κ2) is 9.91. The number of hydrogen-bond acceptors (Lipinski definition) is 7. The van der Waals surface area contributed by atoms with Crippen molar-refractivity contribution in [3.8, 4) is 17.2 Å². The van der Waals surface area contributed by atoms with E-state index in [0.717, 1.165) is 6.07 Å². The van der Waals surface area contributed by atoms with Gasteiger partial charge in [0.05, 0.1) is 12.0 Å². The molecule has 2 aromatic carbocycles. The van der Waals surface area contributed by atoms with Gasteiger partial charge < -0.3 is 19.7 Å². The molecule has 0 unspecified atom stereocenters. The number of phenolic OH excluding ortho intramolecular Hbond substituents is 2. The van der Waals surface area contributed by atoms with Gasteiger partial charge in [0.2, 0.25) is 5.78 Å². The standard InChI is InChI=1S/C23H26O7/c1-15(24)16-5-7-20(8-6-16)29-10-4-9-23(2,3)22(28)30-14-21(27)17-11-18(25)13-19(26)12-17/h5-8,11-13,25-26H,4,9-10,14H2,1-3H3. The number of rotatable bonds is 10. The number of hydrogen-bond donors (Lipinski definition) is 2. The molecule has 0 atom stereocenters. The Balaban J connectivity index is 1.78. The van der Waals surface area contributed by atoms with Crippen LogP contribution in [0.25, 0.3) is 0 Å². The van der Waals surface area contributed by atoms with E-state index in [1.165, 1.54) is 19.1 Å². The minimum Gasteiger partial charge on any atom is -0.508 e. The van der Waals surface area contributed by atoms with E-state index in [2.05, 4.69) is 0 Å². The maximum Gasteiger partial charge on any atom is 0.311 e. The van der Waals surface area contributed by atoms with Gasteiger partial charge in [0.1, 0.15) is 17.2 Å². The molecule has 2 aromatic rings. The van der Waals surface area contributed by atoms with Gasteiger partial charge in [-0.2, -0.15) is 0 Å². The Bertz CT molecular complexity index is 893. The number of esters is 1. The molecule has 0 fully saturated rings. The Labute approximate surface area is 175 Å². The molecule has 0 saturated heterocycles. The molecule has 0 aromatic heterocycles. The third kappa shape index (κ3) is 6.62. The zero-order chi connectivity index (χ0) is 22.3. The summed E-state index contributed by atoms with van der Waals surface area (Å²) in [6.45, 7) is 4.85. The first-order valence-corrected chi connectivity index (χ1v) is 9.56. The largest absolute Gasteiger partial charge is 0.508 e. The molecule has 2 N–H and O–H groups in total. The lowest BCUT2D eigenvalue weighted by atomic mass is 9.88.